The van der Waals surface area contributed by atoms with Gasteiger partial charge in [0.1, 0.15) is 0 Å². The molecule has 0 bridgehead atoms. The van der Waals surface area contributed by atoms with Crippen LogP contribution in [-0.4, -0.2) is 9.78 Å². The molecule has 0 fully saturated rings. The van der Waals surface area contributed by atoms with Gasteiger partial charge in [-0.15, -0.1) is 0 Å². The Bertz CT molecular complexity index is 314. The van der Waals surface area contributed by atoms with Crippen LogP contribution in [0.5, 0.6) is 0 Å². The fraction of sp³-hybridized carbons (Fsp3) is 0.625. The number of aryl methyl sites for hydroxylation is 1. The highest BCUT2D eigenvalue weighted by Gasteiger charge is 2.35. The van der Waals surface area contributed by atoms with Crippen molar-refractivity contribution in [2.24, 2.45) is 5.73 Å². The topological polar surface area (TPSA) is 43.8 Å². The summed E-state index contributed by atoms with van der Waals surface area (Å²) in [7, 11) is 0. The molecule has 1 aromatic rings. The van der Waals surface area contributed by atoms with Gasteiger partial charge in [0.15, 0.2) is 5.69 Å². The van der Waals surface area contributed by atoms with Gasteiger partial charge < -0.3 is 5.73 Å². The van der Waals surface area contributed by atoms with E-state index in [-0.39, 0.29) is 0 Å². The lowest BCUT2D eigenvalue weighted by atomic mass is 10.2. The summed E-state index contributed by atoms with van der Waals surface area (Å²) in [4.78, 5) is 0. The molecule has 1 rings (SSSR count). The highest BCUT2D eigenvalue weighted by molar-refractivity contribution is 5.15. The van der Waals surface area contributed by atoms with E-state index >= 15 is 0 Å². The molecule has 80 valence electrons. The lowest BCUT2D eigenvalue weighted by Crippen LogP contribution is -2.12. The average molecular weight is 207 g/mol. The SMILES string of the molecule is CCn1nc(C(F)(F)F)cc1[C@H](C)N. The van der Waals surface area contributed by atoms with Crippen LogP contribution in [0.2, 0.25) is 0 Å². The molecule has 0 amide bonds. The van der Waals surface area contributed by atoms with Gasteiger partial charge in [-0.05, 0) is 19.9 Å². The number of rotatable bonds is 2. The molecule has 14 heavy (non-hydrogen) atoms. The molecule has 0 spiro atoms. The van der Waals surface area contributed by atoms with Crippen molar-refractivity contribution in [1.29, 1.82) is 0 Å². The Balaban J connectivity index is 3.13. The average Bonchev–Trinajstić information content (AvgIpc) is 2.45. The fourth-order valence-corrected chi connectivity index (χ4v) is 1.19. The summed E-state index contributed by atoms with van der Waals surface area (Å²) in [6.45, 7) is 3.73. The predicted octanol–water partition coefficient (Wildman–Crippen LogP) is 1.94. The van der Waals surface area contributed by atoms with Crippen molar-refractivity contribution in [3.8, 4) is 0 Å². The van der Waals surface area contributed by atoms with Crippen LogP contribution in [-0.2, 0) is 12.7 Å². The van der Waals surface area contributed by atoms with E-state index < -0.39 is 17.9 Å². The predicted molar refractivity (Wildman–Crippen MR) is 45.5 cm³/mol. The van der Waals surface area contributed by atoms with Crippen LogP contribution in [0.1, 0.15) is 31.3 Å². The normalized spacial score (nSPS) is 14.4. The van der Waals surface area contributed by atoms with Crippen LogP contribution in [0, 0.1) is 0 Å². The number of hydrogen-bond acceptors (Lipinski definition) is 2. The van der Waals surface area contributed by atoms with E-state index in [1.54, 1.807) is 13.8 Å². The highest BCUT2D eigenvalue weighted by atomic mass is 19.4. The third-order valence-electron chi connectivity index (χ3n) is 1.87. The molecule has 0 radical (unpaired) electrons. The summed E-state index contributed by atoms with van der Waals surface area (Å²) in [6, 6.07) is 0.548. The molecule has 1 aromatic heterocycles. The largest absolute Gasteiger partial charge is 0.435 e. The molecule has 0 aromatic carbocycles. The van der Waals surface area contributed by atoms with Crippen molar-refractivity contribution in [2.75, 3.05) is 0 Å². The van der Waals surface area contributed by atoms with Crippen LogP contribution in [0.25, 0.3) is 0 Å². The summed E-state index contributed by atoms with van der Waals surface area (Å²) in [5.74, 6) is 0. The molecular weight excluding hydrogens is 195 g/mol. The minimum absolute atomic E-state index is 0.382. The van der Waals surface area contributed by atoms with Gasteiger partial charge in [-0.1, -0.05) is 0 Å². The Morgan fingerprint density at radius 2 is 2.14 bits per heavy atom. The monoisotopic (exact) mass is 207 g/mol. The van der Waals surface area contributed by atoms with E-state index in [1.807, 2.05) is 0 Å². The summed E-state index contributed by atoms with van der Waals surface area (Å²) in [5.41, 5.74) is 5.04. The zero-order valence-electron chi connectivity index (χ0n) is 7.97. The van der Waals surface area contributed by atoms with Crippen molar-refractivity contribution in [3.05, 3.63) is 17.5 Å². The Labute approximate surface area is 79.7 Å². The van der Waals surface area contributed by atoms with Crippen LogP contribution in [0.15, 0.2) is 6.07 Å². The maximum atomic E-state index is 12.3. The van der Waals surface area contributed by atoms with E-state index in [0.29, 0.717) is 12.2 Å². The number of aromatic nitrogens is 2. The van der Waals surface area contributed by atoms with Gasteiger partial charge in [0.05, 0.1) is 5.69 Å². The first-order valence-corrected chi connectivity index (χ1v) is 4.26. The maximum Gasteiger partial charge on any atom is 0.435 e. The molecule has 6 heteroatoms. The van der Waals surface area contributed by atoms with E-state index in [0.717, 1.165) is 6.07 Å². The Morgan fingerprint density at radius 3 is 2.43 bits per heavy atom. The molecule has 3 nitrogen and oxygen atoms in total. The van der Waals surface area contributed by atoms with Crippen molar-refractivity contribution in [2.45, 2.75) is 32.6 Å². The Hall–Kier alpha value is -1.04. The van der Waals surface area contributed by atoms with E-state index in [1.165, 1.54) is 4.68 Å². The second-order valence-electron chi connectivity index (χ2n) is 3.06. The summed E-state index contributed by atoms with van der Waals surface area (Å²) < 4.78 is 38.1. The maximum absolute atomic E-state index is 12.3. The molecule has 0 aliphatic rings. The standard InChI is InChI=1S/C8H12F3N3/c1-3-14-6(5(2)12)4-7(13-14)8(9,10)11/h4-5H,3,12H2,1-2H3/t5-/m0/s1. The molecule has 0 saturated carbocycles. The zero-order valence-corrected chi connectivity index (χ0v) is 7.97. The van der Waals surface area contributed by atoms with Crippen LogP contribution in [0.3, 0.4) is 0 Å². The summed E-state index contributed by atoms with van der Waals surface area (Å²) in [5, 5.41) is 3.43. The van der Waals surface area contributed by atoms with Crippen LogP contribution >= 0.6 is 0 Å². The third kappa shape index (κ3) is 2.06. The molecule has 1 atom stereocenters. The first-order chi connectivity index (χ1) is 6.36. The Morgan fingerprint density at radius 1 is 1.57 bits per heavy atom. The van der Waals surface area contributed by atoms with Crippen LogP contribution in [0.4, 0.5) is 13.2 Å². The number of hydrogen-bond donors (Lipinski definition) is 1. The lowest BCUT2D eigenvalue weighted by molar-refractivity contribution is -0.141. The van der Waals surface area contributed by atoms with Gasteiger partial charge in [0, 0.05) is 12.6 Å². The molecule has 0 unspecified atom stereocenters. The molecule has 0 aliphatic heterocycles. The smallest absolute Gasteiger partial charge is 0.323 e. The minimum atomic E-state index is -4.40. The molecule has 0 aliphatic carbocycles. The first-order valence-electron chi connectivity index (χ1n) is 4.26. The molecule has 1 heterocycles. The number of halogens is 3. The third-order valence-corrected chi connectivity index (χ3v) is 1.87. The van der Waals surface area contributed by atoms with Crippen molar-refractivity contribution in [1.82, 2.24) is 9.78 Å². The lowest BCUT2D eigenvalue weighted by Gasteiger charge is -2.06. The first kappa shape index (κ1) is 11.0. The highest BCUT2D eigenvalue weighted by Crippen LogP contribution is 2.29. The van der Waals surface area contributed by atoms with Gasteiger partial charge in [-0.2, -0.15) is 18.3 Å². The quantitative estimate of drug-likeness (QED) is 0.805. The number of nitrogens with zero attached hydrogens (tertiary/aromatic N) is 2. The summed E-state index contributed by atoms with van der Waals surface area (Å²) >= 11 is 0. The van der Waals surface area contributed by atoms with Gasteiger partial charge in [-0.3, -0.25) is 4.68 Å². The van der Waals surface area contributed by atoms with Gasteiger partial charge in [-0.25, -0.2) is 0 Å². The second-order valence-corrected chi connectivity index (χ2v) is 3.06. The Kier molecular flexibility index (Phi) is 2.84. The number of alkyl halides is 3. The van der Waals surface area contributed by atoms with Gasteiger partial charge in [0.25, 0.3) is 0 Å². The summed E-state index contributed by atoms with van der Waals surface area (Å²) in [6.07, 6.45) is -4.40. The van der Waals surface area contributed by atoms with E-state index in [2.05, 4.69) is 5.10 Å². The number of nitrogens with two attached hydrogens (primary N) is 1. The van der Waals surface area contributed by atoms with Crippen molar-refractivity contribution >= 4 is 0 Å². The van der Waals surface area contributed by atoms with Crippen molar-refractivity contribution in [3.63, 3.8) is 0 Å². The van der Waals surface area contributed by atoms with Gasteiger partial charge in [0.2, 0.25) is 0 Å². The molecule has 0 saturated heterocycles. The molecule has 2 N–H and O–H groups in total. The fourth-order valence-electron chi connectivity index (χ4n) is 1.19. The van der Waals surface area contributed by atoms with Crippen molar-refractivity contribution < 1.29 is 13.2 Å². The van der Waals surface area contributed by atoms with E-state index in [9.17, 15) is 13.2 Å². The zero-order chi connectivity index (χ0) is 10.9. The van der Waals surface area contributed by atoms with Gasteiger partial charge >= 0.3 is 6.18 Å². The molecular formula is C8H12F3N3. The second kappa shape index (κ2) is 3.61. The minimum Gasteiger partial charge on any atom is -0.323 e. The van der Waals surface area contributed by atoms with E-state index in [4.69, 9.17) is 5.73 Å². The van der Waals surface area contributed by atoms with Crippen LogP contribution < -0.4 is 5.73 Å².